The van der Waals surface area contributed by atoms with Gasteiger partial charge in [-0.3, -0.25) is 0 Å². The Morgan fingerprint density at radius 2 is 2.10 bits per heavy atom. The number of aliphatic carboxylic acids is 1. The van der Waals surface area contributed by atoms with E-state index in [1.807, 2.05) is 0 Å². The molecular weight excluding hydrogens is 264 g/mol. The average Bonchev–Trinajstić information content (AvgIpc) is 2.75. The van der Waals surface area contributed by atoms with Crippen molar-refractivity contribution in [2.75, 3.05) is 26.3 Å². The zero-order valence-electron chi connectivity index (χ0n) is 12.0. The number of hydrogen-bond donors (Lipinski definition) is 3. The van der Waals surface area contributed by atoms with Gasteiger partial charge in [0.05, 0.1) is 12.7 Å². The molecular formula is C13H24N2O5. The molecule has 116 valence electrons. The first kappa shape index (κ1) is 16.7. The second kappa shape index (κ2) is 8.06. The topological polar surface area (TPSA) is 99.1 Å². The van der Waals surface area contributed by atoms with Gasteiger partial charge in [-0.25, -0.2) is 9.59 Å². The van der Waals surface area contributed by atoms with Gasteiger partial charge in [0.1, 0.15) is 6.04 Å². The second-order valence-electron chi connectivity index (χ2n) is 5.42. The number of carbonyl (C=O) groups excluding carboxylic acids is 1. The molecule has 0 bridgehead atoms. The molecule has 0 aromatic carbocycles. The van der Waals surface area contributed by atoms with Crippen LogP contribution in [0.2, 0.25) is 0 Å². The molecule has 1 saturated heterocycles. The molecule has 2 amide bonds. The Hall–Kier alpha value is -1.34. The van der Waals surface area contributed by atoms with Crippen LogP contribution in [0.25, 0.3) is 0 Å². The molecule has 7 heteroatoms. The number of nitrogens with one attached hydrogen (secondary N) is 1. The molecule has 20 heavy (non-hydrogen) atoms. The quantitative estimate of drug-likeness (QED) is 0.584. The summed E-state index contributed by atoms with van der Waals surface area (Å²) >= 11 is 0. The minimum atomic E-state index is -1.09. The normalized spacial score (nSPS) is 22.3. The Morgan fingerprint density at radius 1 is 1.40 bits per heavy atom. The molecule has 0 saturated carbocycles. The van der Waals surface area contributed by atoms with E-state index in [-0.39, 0.29) is 13.0 Å². The lowest BCUT2D eigenvalue weighted by Gasteiger charge is -2.21. The van der Waals surface area contributed by atoms with Gasteiger partial charge < -0.3 is 25.2 Å². The standard InChI is InChI=1S/C13H24N2O5/c1-9(2)3-5-20-6-4-14-13(19)15-8-10(16)7-11(15)12(17)18/h9-11,16H,3-8H2,1-2H3,(H,14,19)(H,17,18)/t10-,11-/m1/s1. The van der Waals surface area contributed by atoms with Crippen LogP contribution in [0, 0.1) is 5.92 Å². The fraction of sp³-hybridized carbons (Fsp3) is 0.846. The molecule has 0 aromatic heterocycles. The van der Waals surface area contributed by atoms with E-state index in [1.165, 1.54) is 0 Å². The predicted octanol–water partition coefficient (Wildman–Crippen LogP) is 0.279. The third-order valence-electron chi connectivity index (χ3n) is 3.19. The van der Waals surface area contributed by atoms with Gasteiger partial charge in [0.2, 0.25) is 0 Å². The molecule has 3 N–H and O–H groups in total. The van der Waals surface area contributed by atoms with Crippen molar-refractivity contribution in [1.29, 1.82) is 0 Å². The van der Waals surface area contributed by atoms with Crippen LogP contribution >= 0.6 is 0 Å². The summed E-state index contributed by atoms with van der Waals surface area (Å²) in [6.45, 7) is 5.64. The molecule has 2 atom stereocenters. The number of carboxylic acid groups (broad SMARTS) is 1. The Bertz CT molecular complexity index is 335. The molecule has 0 unspecified atom stereocenters. The zero-order valence-corrected chi connectivity index (χ0v) is 12.0. The Morgan fingerprint density at radius 3 is 2.70 bits per heavy atom. The highest BCUT2D eigenvalue weighted by Gasteiger charge is 2.38. The minimum Gasteiger partial charge on any atom is -0.480 e. The van der Waals surface area contributed by atoms with E-state index in [9.17, 15) is 14.7 Å². The molecule has 1 aliphatic rings. The highest BCUT2D eigenvalue weighted by Crippen LogP contribution is 2.17. The first-order chi connectivity index (χ1) is 9.41. The van der Waals surface area contributed by atoms with Crippen molar-refractivity contribution in [3.63, 3.8) is 0 Å². The van der Waals surface area contributed by atoms with Crippen LogP contribution in [-0.4, -0.2) is 65.6 Å². The zero-order chi connectivity index (χ0) is 15.1. The van der Waals surface area contributed by atoms with Crippen LogP contribution in [0.1, 0.15) is 26.7 Å². The number of carboxylic acids is 1. The van der Waals surface area contributed by atoms with Crippen LogP contribution in [0.4, 0.5) is 4.79 Å². The molecule has 1 heterocycles. The summed E-state index contributed by atoms with van der Waals surface area (Å²) in [7, 11) is 0. The lowest BCUT2D eigenvalue weighted by molar-refractivity contribution is -0.141. The maximum atomic E-state index is 11.8. The summed E-state index contributed by atoms with van der Waals surface area (Å²) in [5.74, 6) is -0.517. The number of hydrogen-bond acceptors (Lipinski definition) is 4. The van der Waals surface area contributed by atoms with Gasteiger partial charge in [0.25, 0.3) is 0 Å². The summed E-state index contributed by atoms with van der Waals surface area (Å²) in [4.78, 5) is 24.0. The number of β-amino-alcohol motifs (C(OH)–C–C–N with tert-alkyl or cyclic N) is 1. The monoisotopic (exact) mass is 288 g/mol. The SMILES string of the molecule is CC(C)CCOCCNC(=O)N1C[C@H](O)C[C@@H]1C(=O)O. The number of urea groups is 1. The lowest BCUT2D eigenvalue weighted by atomic mass is 10.1. The van der Waals surface area contributed by atoms with Crippen LogP contribution < -0.4 is 5.32 Å². The maximum absolute atomic E-state index is 11.8. The molecule has 1 rings (SSSR count). The van der Waals surface area contributed by atoms with Crippen molar-refractivity contribution in [3.05, 3.63) is 0 Å². The number of ether oxygens (including phenoxy) is 1. The minimum absolute atomic E-state index is 0.0526. The van der Waals surface area contributed by atoms with E-state index in [0.29, 0.717) is 25.7 Å². The van der Waals surface area contributed by atoms with E-state index in [0.717, 1.165) is 11.3 Å². The molecule has 0 radical (unpaired) electrons. The van der Waals surface area contributed by atoms with E-state index in [1.54, 1.807) is 0 Å². The van der Waals surface area contributed by atoms with Crippen molar-refractivity contribution < 1.29 is 24.5 Å². The number of aliphatic hydroxyl groups excluding tert-OH is 1. The fourth-order valence-electron chi connectivity index (χ4n) is 2.03. The van der Waals surface area contributed by atoms with Crippen LogP contribution in [-0.2, 0) is 9.53 Å². The third-order valence-corrected chi connectivity index (χ3v) is 3.19. The van der Waals surface area contributed by atoms with Gasteiger partial charge in [0, 0.05) is 26.1 Å². The first-order valence-corrected chi connectivity index (χ1v) is 6.95. The smallest absolute Gasteiger partial charge is 0.326 e. The number of nitrogens with zero attached hydrogens (tertiary/aromatic N) is 1. The highest BCUT2D eigenvalue weighted by atomic mass is 16.5. The molecule has 0 aliphatic carbocycles. The lowest BCUT2D eigenvalue weighted by Crippen LogP contribution is -2.46. The molecule has 0 aromatic rings. The number of amides is 2. The third kappa shape index (κ3) is 5.34. The van der Waals surface area contributed by atoms with Gasteiger partial charge in [-0.1, -0.05) is 13.8 Å². The Labute approximate surface area is 118 Å². The molecule has 1 aliphatic heterocycles. The number of rotatable bonds is 7. The van der Waals surface area contributed by atoms with Crippen molar-refractivity contribution in [1.82, 2.24) is 10.2 Å². The van der Waals surface area contributed by atoms with E-state index < -0.39 is 24.1 Å². The summed E-state index contributed by atoms with van der Waals surface area (Å²) in [6.07, 6.45) is 0.269. The van der Waals surface area contributed by atoms with Gasteiger partial charge in [-0.15, -0.1) is 0 Å². The summed E-state index contributed by atoms with van der Waals surface area (Å²) < 4.78 is 5.35. The summed E-state index contributed by atoms with van der Waals surface area (Å²) in [5.41, 5.74) is 0. The maximum Gasteiger partial charge on any atom is 0.326 e. The van der Waals surface area contributed by atoms with Gasteiger partial charge in [0.15, 0.2) is 0 Å². The van der Waals surface area contributed by atoms with Crippen molar-refractivity contribution in [2.45, 2.75) is 38.8 Å². The van der Waals surface area contributed by atoms with E-state index in [2.05, 4.69) is 19.2 Å². The summed E-state index contributed by atoms with van der Waals surface area (Å²) in [6, 6.07) is -1.42. The van der Waals surface area contributed by atoms with Crippen molar-refractivity contribution >= 4 is 12.0 Å². The molecule has 0 spiro atoms. The number of likely N-dealkylation sites (tertiary alicyclic amines) is 1. The van der Waals surface area contributed by atoms with Crippen molar-refractivity contribution in [3.8, 4) is 0 Å². The highest BCUT2D eigenvalue weighted by molar-refractivity contribution is 5.83. The van der Waals surface area contributed by atoms with Gasteiger partial charge in [-0.2, -0.15) is 0 Å². The average molecular weight is 288 g/mol. The predicted molar refractivity (Wildman–Crippen MR) is 72.4 cm³/mol. The van der Waals surface area contributed by atoms with Gasteiger partial charge in [-0.05, 0) is 12.3 Å². The van der Waals surface area contributed by atoms with Crippen LogP contribution in [0.3, 0.4) is 0 Å². The fourth-order valence-corrected chi connectivity index (χ4v) is 2.03. The molecule has 7 nitrogen and oxygen atoms in total. The second-order valence-corrected chi connectivity index (χ2v) is 5.42. The van der Waals surface area contributed by atoms with Crippen LogP contribution in [0.15, 0.2) is 0 Å². The van der Waals surface area contributed by atoms with E-state index in [4.69, 9.17) is 9.84 Å². The van der Waals surface area contributed by atoms with Crippen LogP contribution in [0.5, 0.6) is 0 Å². The first-order valence-electron chi connectivity index (χ1n) is 6.95. The van der Waals surface area contributed by atoms with Gasteiger partial charge >= 0.3 is 12.0 Å². The number of carbonyl (C=O) groups is 2. The van der Waals surface area contributed by atoms with Crippen molar-refractivity contribution in [2.24, 2.45) is 5.92 Å². The Kier molecular flexibility index (Phi) is 6.74. The number of aliphatic hydroxyl groups is 1. The molecule has 1 fully saturated rings. The largest absolute Gasteiger partial charge is 0.480 e. The Balaban J connectivity index is 2.23. The summed E-state index contributed by atoms with van der Waals surface area (Å²) in [5, 5.41) is 21.0. The van der Waals surface area contributed by atoms with E-state index >= 15 is 0 Å².